The van der Waals surface area contributed by atoms with E-state index in [-0.39, 0.29) is 12.2 Å². The SMILES string of the molecule is COc1ccc(C(=O)Cc2c(Cl)cncc2Cl)c2cc(-c3ccncc3)oc12. The van der Waals surface area contributed by atoms with Gasteiger partial charge in [0, 0.05) is 53.3 Å². The van der Waals surface area contributed by atoms with Crippen LogP contribution in [0.25, 0.3) is 22.3 Å². The highest BCUT2D eigenvalue weighted by atomic mass is 35.5. The maximum absolute atomic E-state index is 13.0. The van der Waals surface area contributed by atoms with Gasteiger partial charge in [-0.25, -0.2) is 0 Å². The number of hydrogen-bond donors (Lipinski definition) is 0. The largest absolute Gasteiger partial charge is 0.493 e. The molecule has 0 N–H and O–H groups in total. The summed E-state index contributed by atoms with van der Waals surface area (Å²) in [6, 6.07) is 8.93. The number of benzene rings is 1. The number of fused-ring (bicyclic) bond motifs is 1. The quantitative estimate of drug-likeness (QED) is 0.397. The molecule has 7 heteroatoms. The fraction of sp³-hybridized carbons (Fsp3) is 0.0952. The van der Waals surface area contributed by atoms with Gasteiger partial charge in [-0.3, -0.25) is 14.8 Å². The van der Waals surface area contributed by atoms with E-state index < -0.39 is 0 Å². The summed E-state index contributed by atoms with van der Waals surface area (Å²) in [6.07, 6.45) is 6.36. The molecule has 0 bridgehead atoms. The van der Waals surface area contributed by atoms with Crippen LogP contribution in [0.5, 0.6) is 5.75 Å². The number of ether oxygens (including phenoxy) is 1. The number of hydrogen-bond acceptors (Lipinski definition) is 5. The van der Waals surface area contributed by atoms with Gasteiger partial charge in [-0.15, -0.1) is 0 Å². The molecule has 0 aliphatic heterocycles. The Morgan fingerprint density at radius 3 is 2.46 bits per heavy atom. The number of nitrogens with zero attached hydrogens (tertiary/aromatic N) is 2. The van der Waals surface area contributed by atoms with Gasteiger partial charge in [0.25, 0.3) is 0 Å². The lowest BCUT2D eigenvalue weighted by Gasteiger charge is -2.08. The third kappa shape index (κ3) is 3.35. The highest BCUT2D eigenvalue weighted by Crippen LogP contribution is 2.36. The van der Waals surface area contributed by atoms with Gasteiger partial charge >= 0.3 is 0 Å². The molecule has 0 saturated heterocycles. The van der Waals surface area contributed by atoms with Crippen LogP contribution in [-0.2, 0) is 6.42 Å². The first-order chi connectivity index (χ1) is 13.6. The van der Waals surface area contributed by atoms with Gasteiger partial charge in [0.2, 0.25) is 0 Å². The van der Waals surface area contributed by atoms with E-state index in [9.17, 15) is 4.79 Å². The molecule has 0 spiro atoms. The number of rotatable bonds is 5. The third-order valence-electron chi connectivity index (χ3n) is 4.42. The normalized spacial score (nSPS) is 11.0. The lowest BCUT2D eigenvalue weighted by molar-refractivity contribution is 0.0994. The molecule has 0 radical (unpaired) electrons. The van der Waals surface area contributed by atoms with Crippen molar-refractivity contribution in [1.82, 2.24) is 9.97 Å². The summed E-state index contributed by atoms with van der Waals surface area (Å²) < 4.78 is 11.4. The molecular weight excluding hydrogens is 399 g/mol. The number of carbonyl (C=O) groups excluding carboxylic acids is 1. The van der Waals surface area contributed by atoms with E-state index in [2.05, 4.69) is 9.97 Å². The summed E-state index contributed by atoms with van der Waals surface area (Å²) in [6.45, 7) is 0. The molecule has 0 aliphatic carbocycles. The Labute approximate surface area is 170 Å². The Morgan fingerprint density at radius 2 is 1.79 bits per heavy atom. The van der Waals surface area contributed by atoms with Crippen molar-refractivity contribution < 1.29 is 13.9 Å². The van der Waals surface area contributed by atoms with Crippen molar-refractivity contribution in [3.05, 3.63) is 76.3 Å². The Morgan fingerprint density at radius 1 is 1.07 bits per heavy atom. The van der Waals surface area contributed by atoms with E-state index in [0.717, 1.165) is 5.56 Å². The Kier molecular flexibility index (Phi) is 5.03. The molecule has 0 aliphatic rings. The summed E-state index contributed by atoms with van der Waals surface area (Å²) >= 11 is 12.3. The molecule has 0 fully saturated rings. The van der Waals surface area contributed by atoms with Crippen LogP contribution >= 0.6 is 23.2 Å². The molecule has 5 nitrogen and oxygen atoms in total. The van der Waals surface area contributed by atoms with Gasteiger partial charge in [0.05, 0.1) is 17.2 Å². The number of aromatic nitrogens is 2. The summed E-state index contributed by atoms with van der Waals surface area (Å²) in [4.78, 5) is 21.0. The minimum atomic E-state index is -0.135. The molecule has 28 heavy (non-hydrogen) atoms. The van der Waals surface area contributed by atoms with Gasteiger partial charge < -0.3 is 9.15 Å². The Bertz CT molecular complexity index is 1150. The van der Waals surface area contributed by atoms with Crippen LogP contribution in [0.2, 0.25) is 10.0 Å². The maximum Gasteiger partial charge on any atom is 0.177 e. The molecule has 0 amide bonds. The van der Waals surface area contributed by atoms with Gasteiger partial charge in [-0.2, -0.15) is 0 Å². The molecule has 3 aromatic heterocycles. The lowest BCUT2D eigenvalue weighted by atomic mass is 10.00. The van der Waals surface area contributed by atoms with Crippen molar-refractivity contribution >= 4 is 40.0 Å². The van der Waals surface area contributed by atoms with E-state index >= 15 is 0 Å². The predicted molar refractivity (Wildman–Crippen MR) is 108 cm³/mol. The third-order valence-corrected chi connectivity index (χ3v) is 5.07. The zero-order chi connectivity index (χ0) is 19.7. The fourth-order valence-electron chi connectivity index (χ4n) is 3.02. The first-order valence-electron chi connectivity index (χ1n) is 8.40. The van der Waals surface area contributed by atoms with E-state index in [1.807, 2.05) is 18.2 Å². The lowest BCUT2D eigenvalue weighted by Crippen LogP contribution is -2.05. The number of furan rings is 1. The van der Waals surface area contributed by atoms with Crippen LogP contribution < -0.4 is 4.74 Å². The van der Waals surface area contributed by atoms with Crippen LogP contribution in [0.4, 0.5) is 0 Å². The zero-order valence-electron chi connectivity index (χ0n) is 14.8. The number of carbonyl (C=O) groups is 1. The minimum absolute atomic E-state index is 0.0530. The minimum Gasteiger partial charge on any atom is -0.493 e. The topological polar surface area (TPSA) is 65.2 Å². The van der Waals surface area contributed by atoms with Gasteiger partial charge in [0.1, 0.15) is 5.76 Å². The van der Waals surface area contributed by atoms with E-state index in [1.165, 1.54) is 12.4 Å². The molecule has 3 heterocycles. The van der Waals surface area contributed by atoms with Crippen LogP contribution in [0.3, 0.4) is 0 Å². The monoisotopic (exact) mass is 412 g/mol. The maximum atomic E-state index is 13.0. The van der Waals surface area contributed by atoms with Crippen LogP contribution in [0, 0.1) is 0 Å². The van der Waals surface area contributed by atoms with E-state index in [1.54, 1.807) is 31.6 Å². The summed E-state index contributed by atoms with van der Waals surface area (Å²) in [7, 11) is 1.56. The van der Waals surface area contributed by atoms with Gasteiger partial charge in [-0.1, -0.05) is 23.2 Å². The van der Waals surface area contributed by atoms with Crippen molar-refractivity contribution in [2.45, 2.75) is 6.42 Å². The highest BCUT2D eigenvalue weighted by Gasteiger charge is 2.20. The smallest absolute Gasteiger partial charge is 0.177 e. The first-order valence-corrected chi connectivity index (χ1v) is 9.16. The van der Waals surface area contributed by atoms with E-state index in [4.69, 9.17) is 32.4 Å². The fourth-order valence-corrected chi connectivity index (χ4v) is 3.52. The number of ketones is 1. The van der Waals surface area contributed by atoms with Crippen molar-refractivity contribution in [2.75, 3.05) is 7.11 Å². The van der Waals surface area contributed by atoms with Crippen molar-refractivity contribution in [2.24, 2.45) is 0 Å². The highest BCUT2D eigenvalue weighted by molar-refractivity contribution is 6.36. The van der Waals surface area contributed by atoms with E-state index in [0.29, 0.717) is 43.7 Å². The molecule has 0 atom stereocenters. The van der Waals surface area contributed by atoms with Gasteiger partial charge in [0.15, 0.2) is 17.1 Å². The van der Waals surface area contributed by atoms with Crippen LogP contribution in [0.1, 0.15) is 15.9 Å². The summed E-state index contributed by atoms with van der Waals surface area (Å²) in [5, 5.41) is 1.38. The molecule has 140 valence electrons. The molecule has 1 aromatic carbocycles. The molecule has 0 saturated carbocycles. The van der Waals surface area contributed by atoms with Crippen molar-refractivity contribution in [3.8, 4) is 17.1 Å². The zero-order valence-corrected chi connectivity index (χ0v) is 16.3. The standard InChI is InChI=1S/C21H14Cl2N2O3/c1-27-19-3-2-13(18(26)8-15-16(22)10-25-11-17(15)23)14-9-20(28-21(14)19)12-4-6-24-7-5-12/h2-7,9-11H,8H2,1H3. The first kappa shape index (κ1) is 18.5. The number of Topliss-reactive ketones (excluding diaryl/α,β-unsaturated/α-hetero) is 1. The molecule has 4 rings (SSSR count). The Hall–Kier alpha value is -2.89. The van der Waals surface area contributed by atoms with Gasteiger partial charge in [-0.05, 0) is 30.3 Å². The second-order valence-electron chi connectivity index (χ2n) is 6.09. The second kappa shape index (κ2) is 7.62. The average molecular weight is 413 g/mol. The number of halogens is 2. The van der Waals surface area contributed by atoms with Crippen LogP contribution in [0.15, 0.2) is 59.5 Å². The summed E-state index contributed by atoms with van der Waals surface area (Å²) in [5.74, 6) is 1.03. The average Bonchev–Trinajstić information content (AvgIpc) is 3.16. The molecule has 0 unspecified atom stereocenters. The molecular formula is C21H14Cl2N2O3. The molecule has 4 aromatic rings. The van der Waals surface area contributed by atoms with Crippen molar-refractivity contribution in [1.29, 1.82) is 0 Å². The number of pyridine rings is 2. The van der Waals surface area contributed by atoms with Crippen LogP contribution in [-0.4, -0.2) is 22.9 Å². The predicted octanol–water partition coefficient (Wildman–Crippen LogP) is 5.63. The second-order valence-corrected chi connectivity index (χ2v) is 6.90. The number of methoxy groups -OCH3 is 1. The van der Waals surface area contributed by atoms with Crippen molar-refractivity contribution in [3.63, 3.8) is 0 Å². The summed E-state index contributed by atoms with van der Waals surface area (Å²) in [5.41, 5.74) is 2.41. The Balaban J connectivity index is 1.81.